The van der Waals surface area contributed by atoms with Crippen LogP contribution in [0.3, 0.4) is 0 Å². The molecule has 156 valence electrons. The third kappa shape index (κ3) is 4.62. The lowest BCUT2D eigenvalue weighted by molar-refractivity contribution is -0.892. The molecule has 1 aliphatic rings. The summed E-state index contributed by atoms with van der Waals surface area (Å²) >= 11 is 0. The van der Waals surface area contributed by atoms with Gasteiger partial charge >= 0.3 is 5.97 Å². The van der Waals surface area contributed by atoms with Gasteiger partial charge in [0, 0.05) is 23.1 Å². The number of esters is 1. The van der Waals surface area contributed by atoms with Crippen molar-refractivity contribution in [2.45, 2.75) is 20.8 Å². The van der Waals surface area contributed by atoms with E-state index in [0.717, 1.165) is 43.3 Å². The van der Waals surface area contributed by atoms with Crippen LogP contribution in [0.5, 0.6) is 5.75 Å². The van der Waals surface area contributed by atoms with Crippen molar-refractivity contribution in [1.82, 2.24) is 4.98 Å². The lowest BCUT2D eigenvalue weighted by Crippen LogP contribution is -3.15. The highest BCUT2D eigenvalue weighted by molar-refractivity contribution is 6.08. The van der Waals surface area contributed by atoms with E-state index >= 15 is 0 Å². The molecule has 0 unspecified atom stereocenters. The highest BCUT2D eigenvalue weighted by atomic mass is 16.5. The van der Waals surface area contributed by atoms with Gasteiger partial charge in [-0.1, -0.05) is 6.07 Å². The number of benzene rings is 1. The Bertz CT molecular complexity index is 882. The van der Waals surface area contributed by atoms with Crippen molar-refractivity contribution in [3.05, 3.63) is 46.8 Å². The van der Waals surface area contributed by atoms with Crippen molar-refractivity contribution < 1.29 is 24.0 Å². The number of quaternary nitrogens is 1. The number of rotatable bonds is 7. The Balaban J connectivity index is 1.65. The van der Waals surface area contributed by atoms with Crippen molar-refractivity contribution in [3.8, 4) is 5.75 Å². The van der Waals surface area contributed by atoms with E-state index in [-0.39, 0.29) is 12.4 Å². The smallest absolute Gasteiger partial charge is 0.340 e. The molecule has 7 heteroatoms. The number of hydrogen-bond acceptors (Lipinski definition) is 5. The predicted molar refractivity (Wildman–Crippen MR) is 111 cm³/mol. The van der Waals surface area contributed by atoms with Crippen LogP contribution < -0.4 is 14.5 Å². The van der Waals surface area contributed by atoms with Gasteiger partial charge in [0.2, 0.25) is 5.78 Å². The molecule has 0 bridgehead atoms. The molecule has 0 amide bonds. The van der Waals surface area contributed by atoms with Gasteiger partial charge in [0.15, 0.2) is 0 Å². The third-order valence-corrected chi connectivity index (χ3v) is 5.43. The molecule has 0 spiro atoms. The first kappa shape index (κ1) is 20.9. The van der Waals surface area contributed by atoms with Gasteiger partial charge in [0.1, 0.15) is 12.3 Å². The molecule has 0 radical (unpaired) electrons. The molecule has 1 saturated heterocycles. The number of Topliss-reactive ketones (excluding diaryl/α,β-unsaturated/α-hetero) is 1. The van der Waals surface area contributed by atoms with E-state index in [9.17, 15) is 9.59 Å². The van der Waals surface area contributed by atoms with E-state index < -0.39 is 5.97 Å². The number of carbonyl (C=O) groups excluding carboxylic acids is 2. The van der Waals surface area contributed by atoms with Crippen LogP contribution >= 0.6 is 0 Å². The summed E-state index contributed by atoms with van der Waals surface area (Å²) in [6, 6.07) is 8.04. The van der Waals surface area contributed by atoms with Crippen molar-refractivity contribution in [2.24, 2.45) is 0 Å². The summed E-state index contributed by atoms with van der Waals surface area (Å²) in [5.41, 5.74) is 3.40. The van der Waals surface area contributed by atoms with Crippen LogP contribution in [0.15, 0.2) is 24.3 Å². The number of ether oxygens (including phenoxy) is 2. The number of anilines is 1. The Morgan fingerprint density at radius 3 is 2.48 bits per heavy atom. The lowest BCUT2D eigenvalue weighted by Gasteiger charge is -2.33. The fraction of sp³-hybridized carbons (Fsp3) is 0.455. The number of methoxy groups -OCH3 is 1. The number of aromatic amines is 1. The van der Waals surface area contributed by atoms with Crippen molar-refractivity contribution in [3.63, 3.8) is 0 Å². The highest BCUT2D eigenvalue weighted by Crippen LogP contribution is 2.21. The third-order valence-electron chi connectivity index (χ3n) is 5.43. The van der Waals surface area contributed by atoms with Gasteiger partial charge < -0.3 is 24.3 Å². The first-order chi connectivity index (χ1) is 13.9. The van der Waals surface area contributed by atoms with Crippen LogP contribution in [0.2, 0.25) is 0 Å². The van der Waals surface area contributed by atoms with Gasteiger partial charge in [-0.2, -0.15) is 0 Å². The van der Waals surface area contributed by atoms with Crippen LogP contribution in [-0.4, -0.2) is 63.2 Å². The molecule has 7 nitrogen and oxygen atoms in total. The standard InChI is InChI=1S/C22H29N3O4/c1-5-29-22(27)21-16(3)23-15(2)20(21)19(26)14-24-9-11-25(12-10-24)17-7-6-8-18(13-17)28-4/h6-8,13,23H,5,9-12,14H2,1-4H3/p+1. The van der Waals surface area contributed by atoms with Gasteiger partial charge in [-0.25, -0.2) is 4.79 Å². The maximum Gasteiger partial charge on any atom is 0.340 e. The first-order valence-corrected chi connectivity index (χ1v) is 10.1. The number of nitrogens with one attached hydrogen (secondary N) is 2. The predicted octanol–water partition coefficient (Wildman–Crippen LogP) is 1.40. The second kappa shape index (κ2) is 9.13. The molecule has 0 aliphatic carbocycles. The van der Waals surface area contributed by atoms with Gasteiger partial charge in [-0.15, -0.1) is 0 Å². The number of carbonyl (C=O) groups is 2. The van der Waals surface area contributed by atoms with E-state index in [1.807, 2.05) is 25.1 Å². The van der Waals surface area contributed by atoms with Crippen LogP contribution in [0.4, 0.5) is 5.69 Å². The Labute approximate surface area is 171 Å². The average Bonchev–Trinajstić information content (AvgIpc) is 3.02. The van der Waals surface area contributed by atoms with Crippen LogP contribution in [-0.2, 0) is 4.74 Å². The normalized spacial score (nSPS) is 14.7. The summed E-state index contributed by atoms with van der Waals surface area (Å²) in [5, 5.41) is 0. The molecule has 3 rings (SSSR count). The Kier molecular flexibility index (Phi) is 6.59. The maximum atomic E-state index is 13.0. The van der Waals surface area contributed by atoms with Crippen molar-refractivity contribution in [2.75, 3.05) is 51.3 Å². The number of H-pyrrole nitrogens is 1. The topological polar surface area (TPSA) is 76.1 Å². The number of aromatic nitrogens is 1. The summed E-state index contributed by atoms with van der Waals surface area (Å²) < 4.78 is 10.5. The lowest BCUT2D eigenvalue weighted by atomic mass is 10.0. The molecular weight excluding hydrogens is 370 g/mol. The molecule has 1 fully saturated rings. The van der Waals surface area contributed by atoms with E-state index in [1.54, 1.807) is 21.0 Å². The van der Waals surface area contributed by atoms with E-state index in [4.69, 9.17) is 9.47 Å². The van der Waals surface area contributed by atoms with Gasteiger partial charge in [-0.05, 0) is 32.9 Å². The zero-order chi connectivity index (χ0) is 21.0. The fourth-order valence-corrected chi connectivity index (χ4v) is 3.97. The number of nitrogens with zero attached hydrogens (tertiary/aromatic N) is 1. The molecule has 0 saturated carbocycles. The van der Waals surface area contributed by atoms with Crippen LogP contribution in [0.25, 0.3) is 0 Å². The van der Waals surface area contributed by atoms with Gasteiger partial charge in [-0.3, -0.25) is 4.79 Å². The second-order valence-electron chi connectivity index (χ2n) is 7.38. The second-order valence-corrected chi connectivity index (χ2v) is 7.38. The zero-order valence-electron chi connectivity index (χ0n) is 17.6. The van der Waals surface area contributed by atoms with Crippen LogP contribution in [0.1, 0.15) is 39.0 Å². The molecule has 29 heavy (non-hydrogen) atoms. The Hall–Kier alpha value is -2.80. The minimum Gasteiger partial charge on any atom is -0.497 e. The number of aryl methyl sites for hydroxylation is 2. The number of ketones is 1. The number of piperazine rings is 1. The minimum atomic E-state index is -0.435. The van der Waals surface area contributed by atoms with Crippen molar-refractivity contribution >= 4 is 17.4 Å². The van der Waals surface area contributed by atoms with Crippen LogP contribution in [0, 0.1) is 13.8 Å². The molecule has 1 aromatic carbocycles. The monoisotopic (exact) mass is 400 g/mol. The summed E-state index contributed by atoms with van der Waals surface area (Å²) in [4.78, 5) is 32.0. The molecule has 1 aromatic heterocycles. The van der Waals surface area contributed by atoms with Crippen molar-refractivity contribution in [1.29, 1.82) is 0 Å². The van der Waals surface area contributed by atoms with E-state index in [0.29, 0.717) is 23.4 Å². The quantitative estimate of drug-likeness (QED) is 0.543. The summed E-state index contributed by atoms with van der Waals surface area (Å²) in [6.45, 7) is 9.51. The van der Waals surface area contributed by atoms with E-state index in [2.05, 4.69) is 16.0 Å². The first-order valence-electron chi connectivity index (χ1n) is 10.1. The summed E-state index contributed by atoms with van der Waals surface area (Å²) in [7, 11) is 1.67. The molecule has 0 atom stereocenters. The molecule has 2 heterocycles. The Morgan fingerprint density at radius 1 is 1.14 bits per heavy atom. The Morgan fingerprint density at radius 2 is 1.83 bits per heavy atom. The zero-order valence-corrected chi connectivity index (χ0v) is 17.6. The molecule has 2 N–H and O–H groups in total. The number of hydrogen-bond donors (Lipinski definition) is 2. The highest BCUT2D eigenvalue weighted by Gasteiger charge is 2.29. The minimum absolute atomic E-state index is 0.0141. The van der Waals surface area contributed by atoms with Gasteiger partial charge in [0.25, 0.3) is 0 Å². The van der Waals surface area contributed by atoms with E-state index in [1.165, 1.54) is 4.90 Å². The average molecular weight is 400 g/mol. The fourth-order valence-electron chi connectivity index (χ4n) is 3.97. The molecule has 2 aromatic rings. The molecule has 1 aliphatic heterocycles. The maximum absolute atomic E-state index is 13.0. The largest absolute Gasteiger partial charge is 0.497 e. The SMILES string of the molecule is CCOC(=O)c1c(C)[nH]c(C)c1C(=O)C[NH+]1CCN(c2cccc(OC)c2)CC1. The molecular formula is C22H30N3O4+. The summed E-state index contributed by atoms with van der Waals surface area (Å²) in [6.07, 6.45) is 0. The van der Waals surface area contributed by atoms with Gasteiger partial charge in [0.05, 0.1) is 51.0 Å². The summed E-state index contributed by atoms with van der Waals surface area (Å²) in [5.74, 6) is 0.396.